The lowest BCUT2D eigenvalue weighted by atomic mass is 9.76. The molecule has 1 atom stereocenters. The Balaban J connectivity index is 2.15. The maximum Gasteiger partial charge on any atom is 0.122 e. The number of imidazole rings is 1. The van der Waals surface area contributed by atoms with Crippen molar-refractivity contribution in [2.75, 3.05) is 0 Å². The van der Waals surface area contributed by atoms with Gasteiger partial charge in [0.05, 0.1) is 24.3 Å². The van der Waals surface area contributed by atoms with Crippen LogP contribution in [0.5, 0.6) is 0 Å². The molecule has 1 N–H and O–H groups in total. The molecule has 0 saturated heterocycles. The highest BCUT2D eigenvalue weighted by atomic mass is 16.3. The number of nitrogens with zero attached hydrogens (tertiary/aromatic N) is 2. The van der Waals surface area contributed by atoms with E-state index in [1.165, 1.54) is 0 Å². The summed E-state index contributed by atoms with van der Waals surface area (Å²) in [4.78, 5) is 4.39. The highest BCUT2D eigenvalue weighted by Gasteiger charge is 2.39. The molecular weight excluding hydrogens is 332 g/mol. The van der Waals surface area contributed by atoms with Crippen molar-refractivity contribution < 1.29 is 5.11 Å². The van der Waals surface area contributed by atoms with E-state index in [4.69, 9.17) is 0 Å². The number of aliphatic hydroxyl groups is 1. The van der Waals surface area contributed by atoms with Crippen molar-refractivity contribution in [3.8, 4) is 0 Å². The third-order valence-electron chi connectivity index (χ3n) is 5.03. The Bertz CT molecular complexity index is 896. The largest absolute Gasteiger partial charge is 0.387 e. The zero-order chi connectivity index (χ0) is 18.7. The highest BCUT2D eigenvalue weighted by Crippen LogP contribution is 2.42. The van der Waals surface area contributed by atoms with Crippen LogP contribution < -0.4 is 0 Å². The van der Waals surface area contributed by atoms with Gasteiger partial charge in [-0.05, 0) is 23.6 Å². The summed E-state index contributed by atoms with van der Waals surface area (Å²) in [5.74, 6) is 0. The van der Waals surface area contributed by atoms with Gasteiger partial charge in [-0.25, -0.2) is 4.98 Å². The first kappa shape index (κ1) is 17.3. The van der Waals surface area contributed by atoms with Crippen molar-refractivity contribution in [3.63, 3.8) is 0 Å². The van der Waals surface area contributed by atoms with Crippen molar-refractivity contribution >= 4 is 0 Å². The third-order valence-corrected chi connectivity index (χ3v) is 5.03. The van der Waals surface area contributed by atoms with Gasteiger partial charge in [-0.2, -0.15) is 0 Å². The number of rotatable bonds is 5. The first-order valence-corrected chi connectivity index (χ1v) is 9.12. The van der Waals surface area contributed by atoms with Crippen molar-refractivity contribution in [3.05, 3.63) is 126 Å². The lowest BCUT2D eigenvalue weighted by Gasteiger charge is -2.39. The molecule has 1 unspecified atom stereocenters. The monoisotopic (exact) mass is 354 g/mol. The van der Waals surface area contributed by atoms with Gasteiger partial charge in [0.1, 0.15) is 5.54 Å². The van der Waals surface area contributed by atoms with E-state index < -0.39 is 11.6 Å². The van der Waals surface area contributed by atoms with Crippen LogP contribution in [0.1, 0.15) is 35.4 Å². The van der Waals surface area contributed by atoms with E-state index in [0.29, 0.717) is 0 Å². The summed E-state index contributed by atoms with van der Waals surface area (Å²) in [5.41, 5.74) is 3.48. The number of aromatic nitrogens is 2. The van der Waals surface area contributed by atoms with Gasteiger partial charge < -0.3 is 9.67 Å². The predicted molar refractivity (Wildman–Crippen MR) is 107 cm³/mol. The smallest absolute Gasteiger partial charge is 0.122 e. The maximum absolute atomic E-state index is 10.4. The molecule has 0 fully saturated rings. The molecule has 1 aromatic heterocycles. The Morgan fingerprint density at radius 3 is 1.52 bits per heavy atom. The SMILES string of the molecule is CC(O)c1cncn1C(c1ccccc1)(c1ccccc1)c1ccccc1. The lowest BCUT2D eigenvalue weighted by molar-refractivity contribution is 0.185. The molecule has 0 saturated carbocycles. The topological polar surface area (TPSA) is 38.1 Å². The molecule has 0 aliphatic heterocycles. The summed E-state index contributed by atoms with van der Waals surface area (Å²) in [6.07, 6.45) is 2.92. The van der Waals surface area contributed by atoms with Crippen LogP contribution in [0.3, 0.4) is 0 Å². The van der Waals surface area contributed by atoms with Crippen LogP contribution in [0, 0.1) is 0 Å². The van der Waals surface area contributed by atoms with E-state index in [1.807, 2.05) is 24.5 Å². The van der Waals surface area contributed by atoms with Crippen molar-refractivity contribution in [1.29, 1.82) is 0 Å². The summed E-state index contributed by atoms with van der Waals surface area (Å²) in [6.45, 7) is 1.78. The second kappa shape index (κ2) is 7.22. The molecule has 0 aliphatic rings. The highest BCUT2D eigenvalue weighted by molar-refractivity contribution is 5.51. The summed E-state index contributed by atoms with van der Waals surface area (Å²) < 4.78 is 2.09. The van der Waals surface area contributed by atoms with E-state index in [0.717, 1.165) is 22.4 Å². The van der Waals surface area contributed by atoms with Crippen LogP contribution >= 0.6 is 0 Å². The molecule has 4 aromatic rings. The maximum atomic E-state index is 10.4. The summed E-state index contributed by atoms with van der Waals surface area (Å²) in [7, 11) is 0. The van der Waals surface area contributed by atoms with Crippen molar-refractivity contribution in [1.82, 2.24) is 9.55 Å². The minimum Gasteiger partial charge on any atom is -0.387 e. The Morgan fingerprint density at radius 2 is 1.15 bits per heavy atom. The van der Waals surface area contributed by atoms with Gasteiger partial charge in [-0.1, -0.05) is 91.0 Å². The Morgan fingerprint density at radius 1 is 0.741 bits per heavy atom. The average Bonchev–Trinajstić information content (AvgIpc) is 3.22. The molecule has 134 valence electrons. The second-order valence-electron chi connectivity index (χ2n) is 6.67. The Labute approximate surface area is 159 Å². The summed E-state index contributed by atoms with van der Waals surface area (Å²) in [6, 6.07) is 31.2. The first-order chi connectivity index (χ1) is 13.2. The van der Waals surface area contributed by atoms with Crippen LogP contribution in [0.15, 0.2) is 104 Å². The lowest BCUT2D eigenvalue weighted by Crippen LogP contribution is -2.38. The fourth-order valence-corrected chi connectivity index (χ4v) is 3.85. The van der Waals surface area contributed by atoms with Crippen molar-refractivity contribution in [2.24, 2.45) is 0 Å². The quantitative estimate of drug-likeness (QED) is 0.524. The number of benzene rings is 3. The van der Waals surface area contributed by atoms with Crippen LogP contribution in [-0.4, -0.2) is 14.7 Å². The standard InChI is InChI=1S/C24H22N2O/c1-19(27)23-17-25-18-26(23)24(20-11-5-2-6-12-20,21-13-7-3-8-14-21)22-15-9-4-10-16-22/h2-19,27H,1H3. The van der Waals surface area contributed by atoms with Crippen LogP contribution in [-0.2, 0) is 5.54 Å². The minimum atomic E-state index is -0.636. The van der Waals surface area contributed by atoms with E-state index in [2.05, 4.69) is 82.3 Å². The number of aliphatic hydroxyl groups excluding tert-OH is 1. The Kier molecular flexibility index (Phi) is 4.61. The zero-order valence-corrected chi connectivity index (χ0v) is 15.2. The molecule has 0 amide bonds. The van der Waals surface area contributed by atoms with Gasteiger partial charge in [0.25, 0.3) is 0 Å². The predicted octanol–water partition coefficient (Wildman–Crippen LogP) is 4.78. The molecule has 0 bridgehead atoms. The molecule has 3 nitrogen and oxygen atoms in total. The molecule has 1 heterocycles. The fourth-order valence-electron chi connectivity index (χ4n) is 3.85. The van der Waals surface area contributed by atoms with Crippen LogP contribution in [0.2, 0.25) is 0 Å². The normalized spacial score (nSPS) is 12.7. The summed E-state index contributed by atoms with van der Waals surface area (Å²) in [5, 5.41) is 10.4. The number of hydrogen-bond acceptors (Lipinski definition) is 2. The van der Waals surface area contributed by atoms with Crippen LogP contribution in [0.25, 0.3) is 0 Å². The van der Waals surface area contributed by atoms with Gasteiger partial charge in [-0.15, -0.1) is 0 Å². The zero-order valence-electron chi connectivity index (χ0n) is 15.2. The van der Waals surface area contributed by atoms with E-state index in [1.54, 1.807) is 13.1 Å². The van der Waals surface area contributed by atoms with E-state index in [-0.39, 0.29) is 0 Å². The molecule has 3 aromatic carbocycles. The molecule has 3 heteroatoms. The van der Waals surface area contributed by atoms with E-state index in [9.17, 15) is 5.11 Å². The van der Waals surface area contributed by atoms with Gasteiger partial charge >= 0.3 is 0 Å². The van der Waals surface area contributed by atoms with E-state index >= 15 is 0 Å². The fraction of sp³-hybridized carbons (Fsp3) is 0.125. The minimum absolute atomic E-state index is 0.632. The van der Waals surface area contributed by atoms with Crippen molar-refractivity contribution in [2.45, 2.75) is 18.6 Å². The molecule has 4 rings (SSSR count). The second-order valence-corrected chi connectivity index (χ2v) is 6.67. The van der Waals surface area contributed by atoms with Crippen LogP contribution in [0.4, 0.5) is 0 Å². The Hall–Kier alpha value is -3.17. The van der Waals surface area contributed by atoms with Gasteiger partial charge in [-0.3, -0.25) is 0 Å². The van der Waals surface area contributed by atoms with Gasteiger partial charge in [0, 0.05) is 0 Å². The van der Waals surface area contributed by atoms with Gasteiger partial charge in [0.2, 0.25) is 0 Å². The first-order valence-electron chi connectivity index (χ1n) is 9.12. The summed E-state index contributed by atoms with van der Waals surface area (Å²) >= 11 is 0. The molecule has 0 spiro atoms. The molecule has 27 heavy (non-hydrogen) atoms. The van der Waals surface area contributed by atoms with Gasteiger partial charge in [0.15, 0.2) is 0 Å². The molecule has 0 radical (unpaired) electrons. The average molecular weight is 354 g/mol. The molecule has 0 aliphatic carbocycles. The third kappa shape index (κ3) is 2.86. The molecular formula is C24H22N2O. The number of hydrogen-bond donors (Lipinski definition) is 1.